The number of carbonyl (C=O) groups excluding carboxylic acids is 1. The summed E-state index contributed by atoms with van der Waals surface area (Å²) in [7, 11) is 0. The minimum Gasteiger partial charge on any atom is -0.467 e. The second-order valence-corrected chi connectivity index (χ2v) is 5.11. The highest BCUT2D eigenvalue weighted by Crippen LogP contribution is 2.29. The van der Waals surface area contributed by atoms with Crippen molar-refractivity contribution in [2.75, 3.05) is 11.9 Å². The fourth-order valence-electron chi connectivity index (χ4n) is 2.17. The van der Waals surface area contributed by atoms with E-state index in [2.05, 4.69) is 15.3 Å². The van der Waals surface area contributed by atoms with Gasteiger partial charge in [-0.15, -0.1) is 0 Å². The van der Waals surface area contributed by atoms with Gasteiger partial charge in [-0.1, -0.05) is 12.1 Å². The molecule has 0 aliphatic carbocycles. The minimum absolute atomic E-state index is 0.245. The third-order valence-electron chi connectivity index (χ3n) is 3.34. The Morgan fingerprint density at radius 2 is 1.76 bits per heavy atom. The predicted octanol–water partition coefficient (Wildman–Crippen LogP) is 3.67. The van der Waals surface area contributed by atoms with Crippen molar-refractivity contribution in [3.63, 3.8) is 0 Å². The van der Waals surface area contributed by atoms with Crippen LogP contribution < -0.4 is 10.1 Å². The highest BCUT2D eigenvalue weighted by Gasteiger charge is 2.29. The van der Waals surface area contributed by atoms with Gasteiger partial charge in [-0.05, 0) is 36.4 Å². The summed E-state index contributed by atoms with van der Waals surface area (Å²) >= 11 is 0. The summed E-state index contributed by atoms with van der Waals surface area (Å²) < 4.78 is 42.9. The lowest BCUT2D eigenvalue weighted by Gasteiger charge is -2.10. The number of alkyl halides is 3. The Balaban J connectivity index is 1.63. The van der Waals surface area contributed by atoms with Gasteiger partial charge in [0, 0.05) is 5.69 Å². The molecule has 25 heavy (non-hydrogen) atoms. The van der Waals surface area contributed by atoms with Crippen LogP contribution >= 0.6 is 0 Å². The molecule has 3 aromatic rings. The summed E-state index contributed by atoms with van der Waals surface area (Å²) in [5.74, 6) is -0.254. The highest BCUT2D eigenvalue weighted by molar-refractivity contribution is 5.92. The van der Waals surface area contributed by atoms with E-state index in [0.717, 1.165) is 12.1 Å². The van der Waals surface area contributed by atoms with Crippen molar-refractivity contribution >= 4 is 22.5 Å². The Hall–Kier alpha value is -3.16. The van der Waals surface area contributed by atoms with Gasteiger partial charge in [0.15, 0.2) is 6.61 Å². The number of nitrogens with one attached hydrogen (secondary N) is 1. The largest absolute Gasteiger partial charge is 0.467 e. The molecule has 1 aromatic heterocycles. The molecule has 0 aliphatic heterocycles. The number of hydrogen-bond acceptors (Lipinski definition) is 4. The summed E-state index contributed by atoms with van der Waals surface area (Å²) in [6, 6.07) is 11.3. The average molecular weight is 347 g/mol. The van der Waals surface area contributed by atoms with Crippen molar-refractivity contribution in [2.24, 2.45) is 0 Å². The van der Waals surface area contributed by atoms with Crippen LogP contribution in [0.15, 0.2) is 54.9 Å². The van der Waals surface area contributed by atoms with Crippen molar-refractivity contribution in [3.05, 3.63) is 60.4 Å². The van der Waals surface area contributed by atoms with E-state index in [-0.39, 0.29) is 18.2 Å². The number of halogens is 3. The van der Waals surface area contributed by atoms with Gasteiger partial charge in [0.05, 0.1) is 16.5 Å². The van der Waals surface area contributed by atoms with Crippen LogP contribution in [-0.2, 0) is 11.0 Å². The summed E-state index contributed by atoms with van der Waals surface area (Å²) in [4.78, 5) is 20.0. The maximum absolute atomic E-state index is 12.5. The van der Waals surface area contributed by atoms with Crippen molar-refractivity contribution in [1.29, 1.82) is 0 Å². The number of anilines is 1. The van der Waals surface area contributed by atoms with E-state index in [4.69, 9.17) is 4.74 Å². The zero-order chi connectivity index (χ0) is 17.9. The van der Waals surface area contributed by atoms with Gasteiger partial charge in [0.2, 0.25) is 5.88 Å². The molecule has 0 saturated carbocycles. The average Bonchev–Trinajstić information content (AvgIpc) is 2.59. The highest BCUT2D eigenvalue weighted by atomic mass is 19.4. The first-order chi connectivity index (χ1) is 11.9. The number of nitrogens with zero attached hydrogens (tertiary/aromatic N) is 2. The van der Waals surface area contributed by atoms with E-state index in [1.165, 1.54) is 18.5 Å². The number of rotatable bonds is 4. The normalized spacial score (nSPS) is 11.3. The van der Waals surface area contributed by atoms with Crippen LogP contribution in [0.5, 0.6) is 5.88 Å². The standard InChI is InChI=1S/C17H12F3N3O2/c18-17(19,20)11-5-7-12(8-6-11)23-15(24)9-25-16-13-3-1-2-4-14(13)21-10-22-16/h1-8,10H,9H2,(H,23,24). The maximum atomic E-state index is 12.5. The molecule has 0 radical (unpaired) electrons. The van der Waals surface area contributed by atoms with Crippen LogP contribution in [0.4, 0.5) is 18.9 Å². The van der Waals surface area contributed by atoms with E-state index < -0.39 is 17.6 Å². The fourth-order valence-corrected chi connectivity index (χ4v) is 2.17. The number of fused-ring (bicyclic) bond motifs is 1. The van der Waals surface area contributed by atoms with Gasteiger partial charge in [-0.25, -0.2) is 9.97 Å². The van der Waals surface area contributed by atoms with Crippen molar-refractivity contribution in [1.82, 2.24) is 9.97 Å². The summed E-state index contributed by atoms with van der Waals surface area (Å²) in [5.41, 5.74) is 0.138. The monoisotopic (exact) mass is 347 g/mol. The lowest BCUT2D eigenvalue weighted by molar-refractivity contribution is -0.137. The fraction of sp³-hybridized carbons (Fsp3) is 0.118. The first-order valence-electron chi connectivity index (χ1n) is 7.23. The maximum Gasteiger partial charge on any atom is 0.416 e. The van der Waals surface area contributed by atoms with Crippen molar-refractivity contribution < 1.29 is 22.7 Å². The first kappa shape index (κ1) is 16.7. The Labute approximate surface area is 140 Å². The van der Waals surface area contributed by atoms with Crippen LogP contribution in [0.25, 0.3) is 10.9 Å². The minimum atomic E-state index is -4.42. The van der Waals surface area contributed by atoms with Crippen LogP contribution in [0.2, 0.25) is 0 Å². The van der Waals surface area contributed by atoms with Crippen molar-refractivity contribution in [2.45, 2.75) is 6.18 Å². The molecule has 0 unspecified atom stereocenters. The van der Waals surface area contributed by atoms with E-state index in [0.29, 0.717) is 10.9 Å². The Bertz CT molecular complexity index is 890. The molecule has 0 aliphatic rings. The van der Waals surface area contributed by atoms with Crippen molar-refractivity contribution in [3.8, 4) is 5.88 Å². The quantitative estimate of drug-likeness (QED) is 0.782. The van der Waals surface area contributed by atoms with Gasteiger partial charge >= 0.3 is 6.18 Å². The van der Waals surface area contributed by atoms with Gasteiger partial charge in [-0.3, -0.25) is 4.79 Å². The molecule has 0 bridgehead atoms. The molecule has 2 aromatic carbocycles. The molecular formula is C17H12F3N3O2. The summed E-state index contributed by atoms with van der Waals surface area (Å²) in [6.07, 6.45) is -3.09. The summed E-state index contributed by atoms with van der Waals surface area (Å²) in [6.45, 7) is -0.331. The van der Waals surface area contributed by atoms with E-state index >= 15 is 0 Å². The second-order valence-electron chi connectivity index (χ2n) is 5.11. The summed E-state index contributed by atoms with van der Waals surface area (Å²) in [5, 5.41) is 3.12. The number of aromatic nitrogens is 2. The molecule has 1 amide bonds. The van der Waals surface area contributed by atoms with Gasteiger partial charge in [0.1, 0.15) is 6.33 Å². The molecule has 0 saturated heterocycles. The van der Waals surface area contributed by atoms with Gasteiger partial charge < -0.3 is 10.1 Å². The first-order valence-corrected chi connectivity index (χ1v) is 7.23. The number of hydrogen-bond donors (Lipinski definition) is 1. The van der Waals surface area contributed by atoms with E-state index in [1.807, 2.05) is 6.07 Å². The molecule has 8 heteroatoms. The third-order valence-corrected chi connectivity index (χ3v) is 3.34. The van der Waals surface area contributed by atoms with E-state index in [1.54, 1.807) is 18.2 Å². The number of para-hydroxylation sites is 1. The zero-order valence-corrected chi connectivity index (χ0v) is 12.7. The number of carbonyl (C=O) groups is 1. The predicted molar refractivity (Wildman–Crippen MR) is 85.1 cm³/mol. The Morgan fingerprint density at radius 1 is 1.04 bits per heavy atom. The lowest BCUT2D eigenvalue weighted by atomic mass is 10.2. The van der Waals surface area contributed by atoms with E-state index in [9.17, 15) is 18.0 Å². The molecule has 0 fully saturated rings. The van der Waals surface area contributed by atoms with Crippen LogP contribution in [0, 0.1) is 0 Å². The Morgan fingerprint density at radius 3 is 2.48 bits per heavy atom. The molecule has 5 nitrogen and oxygen atoms in total. The van der Waals surface area contributed by atoms with Crippen LogP contribution in [0.1, 0.15) is 5.56 Å². The number of benzene rings is 2. The smallest absolute Gasteiger partial charge is 0.416 e. The lowest BCUT2D eigenvalue weighted by Crippen LogP contribution is -2.20. The topological polar surface area (TPSA) is 64.1 Å². The van der Waals surface area contributed by atoms with Crippen LogP contribution in [-0.4, -0.2) is 22.5 Å². The molecule has 1 N–H and O–H groups in total. The third kappa shape index (κ3) is 4.03. The molecule has 0 atom stereocenters. The number of ether oxygens (including phenoxy) is 1. The van der Waals surface area contributed by atoms with Gasteiger partial charge in [0.25, 0.3) is 5.91 Å². The SMILES string of the molecule is O=C(COc1ncnc2ccccc12)Nc1ccc(C(F)(F)F)cc1. The van der Waals surface area contributed by atoms with Gasteiger partial charge in [-0.2, -0.15) is 13.2 Å². The molecule has 128 valence electrons. The molecule has 1 heterocycles. The molecular weight excluding hydrogens is 335 g/mol. The zero-order valence-electron chi connectivity index (χ0n) is 12.7. The number of amides is 1. The molecule has 0 spiro atoms. The van der Waals surface area contributed by atoms with Crippen LogP contribution in [0.3, 0.4) is 0 Å². The molecule has 3 rings (SSSR count). The Kier molecular flexibility index (Phi) is 4.51. The second kappa shape index (κ2) is 6.76.